The molecule has 6 rings (SSSR count). The Morgan fingerprint density at radius 2 is 1.70 bits per heavy atom. The van der Waals surface area contributed by atoms with E-state index in [1.54, 1.807) is 0 Å². The number of imidazole rings is 1. The third-order valence-electron chi connectivity index (χ3n) is 7.22. The summed E-state index contributed by atoms with van der Waals surface area (Å²) in [5.41, 5.74) is 6.81. The quantitative estimate of drug-likeness (QED) is 0.319. The van der Waals surface area contributed by atoms with Gasteiger partial charge in [0.2, 0.25) is 0 Å². The number of benzene rings is 3. The molecule has 3 heterocycles. The number of nitrogens with zero attached hydrogens (tertiary/aromatic N) is 1. The molecule has 7 nitrogen and oxygen atoms in total. The minimum atomic E-state index is -0.923. The Balaban J connectivity index is 1.19. The van der Waals surface area contributed by atoms with Crippen LogP contribution >= 0.6 is 11.6 Å². The normalized spacial score (nSPS) is 24.0. The highest BCUT2D eigenvalue weighted by atomic mass is 35.5. The molecule has 1 aromatic heterocycles. The Morgan fingerprint density at radius 1 is 0.973 bits per heavy atom. The molecule has 4 atom stereocenters. The van der Waals surface area contributed by atoms with Crippen LogP contribution in [-0.2, 0) is 9.47 Å². The van der Waals surface area contributed by atoms with Gasteiger partial charge in [-0.25, -0.2) is 0 Å². The number of hydrogen-bond acceptors (Lipinski definition) is 6. The Kier molecular flexibility index (Phi) is 6.88. The second-order valence-electron chi connectivity index (χ2n) is 9.65. The van der Waals surface area contributed by atoms with Gasteiger partial charge in [-0.15, -0.1) is 0 Å². The highest BCUT2D eigenvalue weighted by molar-refractivity contribution is 6.34. The zero-order valence-corrected chi connectivity index (χ0v) is 21.0. The van der Waals surface area contributed by atoms with E-state index in [0.29, 0.717) is 10.5 Å². The molecule has 3 aromatic carbocycles. The van der Waals surface area contributed by atoms with E-state index < -0.39 is 18.3 Å². The molecule has 0 amide bonds. The van der Waals surface area contributed by atoms with Crippen molar-refractivity contribution in [3.05, 3.63) is 71.2 Å². The lowest BCUT2D eigenvalue weighted by molar-refractivity contribution is -0.00390. The summed E-state index contributed by atoms with van der Waals surface area (Å²) in [7, 11) is 0. The Labute approximate surface area is 220 Å². The van der Waals surface area contributed by atoms with Gasteiger partial charge >= 0.3 is 0 Å². The summed E-state index contributed by atoms with van der Waals surface area (Å²) in [5, 5.41) is 20.1. The Bertz CT molecular complexity index is 1370. The molecular formula is C29H29ClN2O5. The average Bonchev–Trinajstić information content (AvgIpc) is 3.50. The lowest BCUT2D eigenvalue weighted by Gasteiger charge is -2.23. The predicted molar refractivity (Wildman–Crippen MR) is 142 cm³/mol. The molecule has 2 aliphatic heterocycles. The highest BCUT2D eigenvalue weighted by Gasteiger charge is 2.37. The molecule has 2 fully saturated rings. The molecule has 0 bridgehead atoms. The van der Waals surface area contributed by atoms with Crippen molar-refractivity contribution in [2.45, 2.75) is 43.7 Å². The Morgan fingerprint density at radius 3 is 2.38 bits per heavy atom. The van der Waals surface area contributed by atoms with Gasteiger partial charge in [0.05, 0.1) is 35.4 Å². The summed E-state index contributed by atoms with van der Waals surface area (Å²) in [6, 6.07) is 21.0. The van der Waals surface area contributed by atoms with E-state index in [1.165, 1.54) is 12.0 Å². The van der Waals surface area contributed by atoms with Gasteiger partial charge in [-0.3, -0.25) is 0 Å². The van der Waals surface area contributed by atoms with E-state index in [0.717, 1.165) is 47.2 Å². The fraction of sp³-hybridized carbons (Fsp3) is 0.345. The van der Waals surface area contributed by atoms with Crippen molar-refractivity contribution < 1.29 is 24.4 Å². The number of aromatic amines is 1. The molecule has 8 heteroatoms. The standard InChI is InChI=1S/C29H29ClN2O5/c30-22-14-24-23(31-29(32-24)37-27-16-36-26(15-33)28(27)34)13-21(22)19-8-4-17(5-9-19)18-6-10-20(11-7-18)25-3-1-2-12-35-25/h4-11,13-14,25-28,33-34H,1-3,12,15-16H2,(H,31,32)/t25?,26-,27-,28-/m1/s1. The number of rotatable bonds is 6. The number of ether oxygens (including phenoxy) is 3. The summed E-state index contributed by atoms with van der Waals surface area (Å²) in [5.74, 6) is 0. The van der Waals surface area contributed by atoms with E-state index in [2.05, 4.69) is 58.5 Å². The van der Waals surface area contributed by atoms with Crippen molar-refractivity contribution in [1.29, 1.82) is 0 Å². The van der Waals surface area contributed by atoms with E-state index in [9.17, 15) is 10.2 Å². The molecule has 2 aliphatic rings. The number of aliphatic hydroxyl groups excluding tert-OH is 2. The molecule has 0 aliphatic carbocycles. The summed E-state index contributed by atoms with van der Waals surface area (Å²) < 4.78 is 17.1. The van der Waals surface area contributed by atoms with Crippen molar-refractivity contribution in [3.8, 4) is 28.3 Å². The zero-order valence-electron chi connectivity index (χ0n) is 20.3. The molecule has 0 saturated carbocycles. The third kappa shape index (κ3) is 4.98. The van der Waals surface area contributed by atoms with Gasteiger partial charge < -0.3 is 29.4 Å². The van der Waals surface area contributed by atoms with Crippen LogP contribution in [0.4, 0.5) is 0 Å². The summed E-state index contributed by atoms with van der Waals surface area (Å²) in [6.07, 6.45) is 1.49. The second-order valence-corrected chi connectivity index (χ2v) is 10.1. The van der Waals surface area contributed by atoms with Gasteiger partial charge in [0.1, 0.15) is 12.2 Å². The number of nitrogens with one attached hydrogen (secondary N) is 1. The first-order valence-electron chi connectivity index (χ1n) is 12.7. The van der Waals surface area contributed by atoms with Gasteiger partial charge in [-0.2, -0.15) is 4.98 Å². The van der Waals surface area contributed by atoms with Crippen molar-refractivity contribution in [2.24, 2.45) is 0 Å². The average molecular weight is 521 g/mol. The lowest BCUT2D eigenvalue weighted by Crippen LogP contribution is -2.36. The van der Waals surface area contributed by atoms with Crippen molar-refractivity contribution in [2.75, 3.05) is 19.8 Å². The first-order chi connectivity index (χ1) is 18.1. The maximum atomic E-state index is 10.2. The van der Waals surface area contributed by atoms with Crippen molar-refractivity contribution >= 4 is 22.6 Å². The third-order valence-corrected chi connectivity index (χ3v) is 7.53. The first kappa shape index (κ1) is 24.4. The predicted octanol–water partition coefficient (Wildman–Crippen LogP) is 5.29. The smallest absolute Gasteiger partial charge is 0.295 e. The maximum Gasteiger partial charge on any atom is 0.295 e. The van der Waals surface area contributed by atoms with E-state index in [4.69, 9.17) is 25.8 Å². The largest absolute Gasteiger partial charge is 0.456 e. The monoisotopic (exact) mass is 520 g/mol. The zero-order chi connectivity index (χ0) is 25.4. The van der Waals surface area contributed by atoms with Crippen LogP contribution < -0.4 is 4.74 Å². The molecule has 192 valence electrons. The topological polar surface area (TPSA) is 96.8 Å². The highest BCUT2D eigenvalue weighted by Crippen LogP contribution is 2.35. The molecule has 0 spiro atoms. The van der Waals surface area contributed by atoms with E-state index in [-0.39, 0.29) is 25.3 Å². The summed E-state index contributed by atoms with van der Waals surface area (Å²) in [4.78, 5) is 7.62. The van der Waals surface area contributed by atoms with Crippen LogP contribution in [0.15, 0.2) is 60.7 Å². The van der Waals surface area contributed by atoms with Crippen molar-refractivity contribution in [1.82, 2.24) is 9.97 Å². The van der Waals surface area contributed by atoms with Crippen LogP contribution in [0.5, 0.6) is 6.01 Å². The SMILES string of the molecule is OC[C@H]1OC[C@@H](Oc2nc3cc(-c4ccc(-c5ccc(C6CCCCO6)cc5)cc4)c(Cl)cc3[nH]2)[C@@H]1O. The van der Waals surface area contributed by atoms with Crippen LogP contribution in [0.1, 0.15) is 30.9 Å². The van der Waals surface area contributed by atoms with Gasteiger partial charge in [0, 0.05) is 12.2 Å². The van der Waals surface area contributed by atoms with Crippen LogP contribution in [0.3, 0.4) is 0 Å². The molecule has 3 N–H and O–H groups in total. The fourth-order valence-corrected chi connectivity index (χ4v) is 5.36. The summed E-state index contributed by atoms with van der Waals surface area (Å²) >= 11 is 6.64. The van der Waals surface area contributed by atoms with E-state index in [1.807, 2.05) is 12.1 Å². The number of H-pyrrole nitrogens is 1. The van der Waals surface area contributed by atoms with Crippen LogP contribution in [-0.4, -0.2) is 58.3 Å². The molecular weight excluding hydrogens is 492 g/mol. The molecule has 4 aromatic rings. The van der Waals surface area contributed by atoms with Crippen molar-refractivity contribution in [3.63, 3.8) is 0 Å². The molecule has 0 radical (unpaired) electrons. The molecule has 37 heavy (non-hydrogen) atoms. The van der Waals surface area contributed by atoms with Gasteiger partial charge in [-0.05, 0) is 53.6 Å². The summed E-state index contributed by atoms with van der Waals surface area (Å²) in [6.45, 7) is 0.761. The van der Waals surface area contributed by atoms with Crippen LogP contribution in [0.2, 0.25) is 5.02 Å². The molecule has 1 unspecified atom stereocenters. The number of aliphatic hydroxyl groups is 2. The number of halogens is 1. The first-order valence-corrected chi connectivity index (χ1v) is 13.1. The maximum absolute atomic E-state index is 10.2. The Hall–Kier alpha value is -2.94. The van der Waals surface area contributed by atoms with Gasteiger partial charge in [0.15, 0.2) is 6.10 Å². The minimum Gasteiger partial charge on any atom is -0.456 e. The van der Waals surface area contributed by atoms with Crippen LogP contribution in [0, 0.1) is 0 Å². The lowest BCUT2D eigenvalue weighted by atomic mass is 9.97. The van der Waals surface area contributed by atoms with Gasteiger partial charge in [0.25, 0.3) is 6.01 Å². The minimum absolute atomic E-state index is 0.179. The van der Waals surface area contributed by atoms with Gasteiger partial charge in [-0.1, -0.05) is 60.1 Å². The second kappa shape index (κ2) is 10.4. The number of hydrogen-bond donors (Lipinski definition) is 3. The fourth-order valence-electron chi connectivity index (χ4n) is 5.08. The molecule has 2 saturated heterocycles. The van der Waals surface area contributed by atoms with E-state index >= 15 is 0 Å². The number of fused-ring (bicyclic) bond motifs is 1. The van der Waals surface area contributed by atoms with Crippen LogP contribution in [0.25, 0.3) is 33.3 Å². The number of aromatic nitrogens is 2.